The van der Waals surface area contributed by atoms with E-state index in [0.29, 0.717) is 13.1 Å². The van der Waals surface area contributed by atoms with E-state index in [1.807, 2.05) is 49.4 Å². The number of nitrogens with zero attached hydrogens (tertiary/aromatic N) is 1. The summed E-state index contributed by atoms with van der Waals surface area (Å²) in [6.07, 6.45) is 0.428. The first-order valence-corrected chi connectivity index (χ1v) is 7.68. The number of aryl methyl sites for hydroxylation is 1. The van der Waals surface area contributed by atoms with Crippen molar-refractivity contribution in [2.45, 2.75) is 26.0 Å². The van der Waals surface area contributed by atoms with Crippen LogP contribution in [0, 0.1) is 6.92 Å². The molecule has 0 saturated heterocycles. The molecule has 0 bridgehead atoms. The Bertz CT molecular complexity index is 538. The molecule has 4 heteroatoms. The Morgan fingerprint density at radius 1 is 1.18 bits per heavy atom. The maximum Gasteiger partial charge on any atom is 0.118 e. The van der Waals surface area contributed by atoms with Crippen molar-refractivity contribution in [2.75, 3.05) is 26.8 Å². The third-order valence-electron chi connectivity index (χ3n) is 3.61. The fraction of sp³-hybridized carbons (Fsp3) is 0.444. The van der Waals surface area contributed by atoms with Crippen molar-refractivity contribution >= 4 is 0 Å². The molecule has 0 fully saturated rings. The number of aliphatic hydroxyl groups excluding tert-OH is 1. The topological polar surface area (TPSA) is 45.8 Å². The first-order chi connectivity index (χ1) is 10.7. The summed E-state index contributed by atoms with van der Waals surface area (Å²) in [5.41, 5.74) is 0.940. The molecule has 0 amide bonds. The predicted molar refractivity (Wildman–Crippen MR) is 86.6 cm³/mol. The Balaban J connectivity index is 1.97. The van der Waals surface area contributed by atoms with Crippen LogP contribution in [0.2, 0.25) is 0 Å². The minimum atomic E-state index is -0.500. The predicted octanol–water partition coefficient (Wildman–Crippen LogP) is 3.16. The van der Waals surface area contributed by atoms with Crippen molar-refractivity contribution in [3.8, 4) is 0 Å². The van der Waals surface area contributed by atoms with Gasteiger partial charge in [-0.15, -0.1) is 0 Å². The third kappa shape index (κ3) is 5.30. The monoisotopic (exact) mass is 303 g/mol. The van der Waals surface area contributed by atoms with Gasteiger partial charge < -0.3 is 14.3 Å². The number of aliphatic hydroxyl groups is 1. The number of rotatable bonds is 9. The largest absolute Gasteiger partial charge is 0.465 e. The van der Waals surface area contributed by atoms with E-state index in [0.717, 1.165) is 36.7 Å². The van der Waals surface area contributed by atoms with Gasteiger partial charge in [0.25, 0.3) is 0 Å². The molecule has 1 unspecified atom stereocenters. The highest BCUT2D eigenvalue weighted by atomic mass is 16.5. The molecule has 1 heterocycles. The van der Waals surface area contributed by atoms with E-state index in [2.05, 4.69) is 4.90 Å². The molecule has 1 N–H and O–H groups in total. The van der Waals surface area contributed by atoms with E-state index < -0.39 is 6.10 Å². The average molecular weight is 303 g/mol. The second kappa shape index (κ2) is 8.73. The smallest absolute Gasteiger partial charge is 0.118 e. The Morgan fingerprint density at radius 3 is 2.59 bits per heavy atom. The highest BCUT2D eigenvalue weighted by Gasteiger charge is 2.15. The first-order valence-electron chi connectivity index (χ1n) is 7.68. The van der Waals surface area contributed by atoms with E-state index >= 15 is 0 Å². The van der Waals surface area contributed by atoms with Crippen molar-refractivity contribution in [3.63, 3.8) is 0 Å². The van der Waals surface area contributed by atoms with Crippen molar-refractivity contribution in [2.24, 2.45) is 0 Å². The van der Waals surface area contributed by atoms with E-state index in [9.17, 15) is 5.11 Å². The van der Waals surface area contributed by atoms with Crippen molar-refractivity contribution in [3.05, 3.63) is 59.5 Å². The summed E-state index contributed by atoms with van der Waals surface area (Å²) >= 11 is 0. The number of methoxy groups -OCH3 is 1. The normalized spacial score (nSPS) is 12.7. The molecule has 0 radical (unpaired) electrons. The number of ether oxygens (including phenoxy) is 1. The van der Waals surface area contributed by atoms with E-state index in [1.165, 1.54) is 0 Å². The van der Waals surface area contributed by atoms with Crippen LogP contribution in [-0.2, 0) is 11.3 Å². The summed E-state index contributed by atoms with van der Waals surface area (Å²) in [5.74, 6) is 1.84. The van der Waals surface area contributed by atoms with Gasteiger partial charge in [0.05, 0.1) is 12.6 Å². The molecule has 22 heavy (non-hydrogen) atoms. The number of benzene rings is 1. The zero-order valence-corrected chi connectivity index (χ0v) is 13.4. The van der Waals surface area contributed by atoms with Gasteiger partial charge in [-0.2, -0.15) is 0 Å². The number of furan rings is 1. The van der Waals surface area contributed by atoms with Gasteiger partial charge in [-0.1, -0.05) is 30.3 Å². The molecule has 0 aliphatic carbocycles. The Hall–Kier alpha value is -1.62. The van der Waals surface area contributed by atoms with Crippen molar-refractivity contribution < 1.29 is 14.3 Å². The van der Waals surface area contributed by atoms with Crippen molar-refractivity contribution in [1.82, 2.24) is 4.90 Å². The van der Waals surface area contributed by atoms with E-state index in [1.54, 1.807) is 7.11 Å². The van der Waals surface area contributed by atoms with Crippen molar-refractivity contribution in [1.29, 1.82) is 0 Å². The Labute approximate surface area is 132 Å². The molecular formula is C18H25NO3. The Kier molecular flexibility index (Phi) is 6.65. The summed E-state index contributed by atoms with van der Waals surface area (Å²) in [6.45, 7) is 4.79. The van der Waals surface area contributed by atoms with E-state index in [-0.39, 0.29) is 0 Å². The molecular weight excluding hydrogens is 278 g/mol. The quantitative estimate of drug-likeness (QED) is 0.723. The number of hydrogen-bond donors (Lipinski definition) is 1. The zero-order chi connectivity index (χ0) is 15.8. The molecule has 0 aliphatic rings. The Morgan fingerprint density at radius 2 is 1.95 bits per heavy atom. The standard InChI is InChI=1S/C18H25NO3/c1-15-9-10-17(22-15)13-19(11-6-12-21-2)14-18(20)16-7-4-3-5-8-16/h3-5,7-10,18,20H,6,11-14H2,1-2H3. The van der Waals surface area contributed by atoms with Crippen LogP contribution in [0.5, 0.6) is 0 Å². The lowest BCUT2D eigenvalue weighted by atomic mass is 10.1. The molecule has 0 saturated carbocycles. The van der Waals surface area contributed by atoms with Crippen LogP contribution in [0.15, 0.2) is 46.9 Å². The molecule has 2 aromatic rings. The van der Waals surface area contributed by atoms with Crippen LogP contribution in [0.4, 0.5) is 0 Å². The second-order valence-corrected chi connectivity index (χ2v) is 5.52. The minimum absolute atomic E-state index is 0.500. The lowest BCUT2D eigenvalue weighted by Crippen LogP contribution is -2.29. The van der Waals surface area contributed by atoms with Gasteiger partial charge in [0.1, 0.15) is 11.5 Å². The SMILES string of the molecule is COCCCN(Cc1ccc(C)o1)CC(O)c1ccccc1. The van der Waals surface area contributed by atoms with Gasteiger partial charge in [0.15, 0.2) is 0 Å². The molecule has 120 valence electrons. The summed E-state index contributed by atoms with van der Waals surface area (Å²) in [7, 11) is 1.71. The third-order valence-corrected chi connectivity index (χ3v) is 3.61. The van der Waals surface area contributed by atoms with Crippen LogP contribution in [0.1, 0.15) is 29.6 Å². The maximum absolute atomic E-state index is 10.4. The molecule has 1 aromatic carbocycles. The average Bonchev–Trinajstić information content (AvgIpc) is 2.93. The van der Waals surface area contributed by atoms with Crippen LogP contribution in [0.25, 0.3) is 0 Å². The zero-order valence-electron chi connectivity index (χ0n) is 13.4. The lowest BCUT2D eigenvalue weighted by molar-refractivity contribution is 0.0954. The van der Waals surface area contributed by atoms with Gasteiger partial charge in [-0.05, 0) is 31.0 Å². The summed E-state index contributed by atoms with van der Waals surface area (Å²) in [6, 6.07) is 13.7. The minimum Gasteiger partial charge on any atom is -0.465 e. The molecule has 1 aromatic heterocycles. The highest BCUT2D eigenvalue weighted by molar-refractivity contribution is 5.17. The molecule has 2 rings (SSSR count). The van der Waals surface area contributed by atoms with Crippen LogP contribution in [-0.4, -0.2) is 36.8 Å². The number of hydrogen-bond acceptors (Lipinski definition) is 4. The van der Waals surface area contributed by atoms with E-state index in [4.69, 9.17) is 9.15 Å². The summed E-state index contributed by atoms with van der Waals surface area (Å²) in [5, 5.41) is 10.4. The van der Waals surface area contributed by atoms with Gasteiger partial charge in [-0.3, -0.25) is 4.90 Å². The second-order valence-electron chi connectivity index (χ2n) is 5.52. The molecule has 0 spiro atoms. The van der Waals surface area contributed by atoms with Gasteiger partial charge in [-0.25, -0.2) is 0 Å². The van der Waals surface area contributed by atoms with Crippen LogP contribution < -0.4 is 0 Å². The summed E-state index contributed by atoms with van der Waals surface area (Å²) in [4.78, 5) is 2.20. The molecule has 4 nitrogen and oxygen atoms in total. The lowest BCUT2D eigenvalue weighted by Gasteiger charge is -2.24. The fourth-order valence-electron chi connectivity index (χ4n) is 2.48. The molecule has 1 atom stereocenters. The maximum atomic E-state index is 10.4. The summed E-state index contributed by atoms with van der Waals surface area (Å²) < 4.78 is 10.8. The van der Waals surface area contributed by atoms with Crippen LogP contribution in [0.3, 0.4) is 0 Å². The fourth-order valence-corrected chi connectivity index (χ4v) is 2.48. The van der Waals surface area contributed by atoms with Gasteiger partial charge >= 0.3 is 0 Å². The highest BCUT2D eigenvalue weighted by Crippen LogP contribution is 2.17. The molecule has 0 aliphatic heterocycles. The van der Waals surface area contributed by atoms with Gasteiger partial charge in [0.2, 0.25) is 0 Å². The van der Waals surface area contributed by atoms with Gasteiger partial charge in [0, 0.05) is 26.8 Å². The first kappa shape index (κ1) is 16.7. The van der Waals surface area contributed by atoms with Crippen LogP contribution >= 0.6 is 0 Å².